The summed E-state index contributed by atoms with van der Waals surface area (Å²) in [6.45, 7) is 1.30. The van der Waals surface area contributed by atoms with Crippen LogP contribution in [0.25, 0.3) is 0 Å². The lowest BCUT2D eigenvalue weighted by Crippen LogP contribution is -2.36. The molecule has 0 unspecified atom stereocenters. The third kappa shape index (κ3) is 4.52. The molecule has 1 fully saturated rings. The summed E-state index contributed by atoms with van der Waals surface area (Å²) in [5, 5.41) is 8.94. The lowest BCUT2D eigenvalue weighted by Gasteiger charge is -2.30. The number of ether oxygens (including phenoxy) is 1. The lowest BCUT2D eigenvalue weighted by atomic mass is 9.97. The number of hydrogen-bond donors (Lipinski definition) is 2. The lowest BCUT2D eigenvalue weighted by molar-refractivity contribution is -0.275. The van der Waals surface area contributed by atoms with Crippen LogP contribution in [0.15, 0.2) is 18.2 Å². The molecular formula is C14H17F3N2O3. The van der Waals surface area contributed by atoms with Crippen LogP contribution >= 0.6 is 0 Å². The quantitative estimate of drug-likeness (QED) is 0.834. The molecule has 1 saturated heterocycles. The molecule has 8 heteroatoms. The van der Waals surface area contributed by atoms with E-state index in [1.54, 1.807) is 0 Å². The Balaban J connectivity index is 2.05. The number of alkyl halides is 3. The predicted molar refractivity (Wildman–Crippen MR) is 73.2 cm³/mol. The molecular weight excluding hydrogens is 301 g/mol. The fraction of sp³-hybridized carbons (Fsp3) is 0.500. The Morgan fingerprint density at radius 2 is 2.00 bits per heavy atom. The average molecular weight is 318 g/mol. The highest BCUT2D eigenvalue weighted by molar-refractivity contribution is 5.70. The minimum absolute atomic E-state index is 0.188. The number of aliphatic carboxylic acids is 1. The Hall–Kier alpha value is -1.96. The maximum absolute atomic E-state index is 12.4. The fourth-order valence-corrected chi connectivity index (χ4v) is 2.50. The third-order valence-corrected chi connectivity index (χ3v) is 3.65. The van der Waals surface area contributed by atoms with Crippen molar-refractivity contribution in [3.05, 3.63) is 23.8 Å². The van der Waals surface area contributed by atoms with Crippen molar-refractivity contribution in [1.82, 2.24) is 4.90 Å². The van der Waals surface area contributed by atoms with Crippen molar-refractivity contribution in [2.75, 3.05) is 18.8 Å². The fourth-order valence-electron chi connectivity index (χ4n) is 2.50. The number of carbonyl (C=O) groups is 1. The second-order valence-corrected chi connectivity index (χ2v) is 5.30. The minimum Gasteiger partial charge on any atom is -0.481 e. The van der Waals surface area contributed by atoms with Gasteiger partial charge in [0.15, 0.2) is 0 Å². The number of carboxylic acids is 1. The Kier molecular flexibility index (Phi) is 4.80. The summed E-state index contributed by atoms with van der Waals surface area (Å²) in [6.07, 6.45) is -3.81. The standard InChI is InChI=1S/C14H17F3N2O3/c15-14(16,17)22-12-7-11(18)2-1-10(12)8-19-5-3-9(4-6-19)13(20)21/h1-2,7,9H,3-6,8,18H2,(H,20,21). The number of rotatable bonds is 4. The summed E-state index contributed by atoms with van der Waals surface area (Å²) in [6, 6.07) is 4.16. The molecule has 1 aromatic rings. The first-order valence-corrected chi connectivity index (χ1v) is 6.84. The highest BCUT2D eigenvalue weighted by Crippen LogP contribution is 2.30. The summed E-state index contributed by atoms with van der Waals surface area (Å²) >= 11 is 0. The van der Waals surface area contributed by atoms with E-state index in [1.807, 2.05) is 4.90 Å². The molecule has 3 N–H and O–H groups in total. The van der Waals surface area contributed by atoms with Crippen molar-refractivity contribution in [2.45, 2.75) is 25.7 Å². The highest BCUT2D eigenvalue weighted by atomic mass is 19.4. The van der Waals surface area contributed by atoms with Gasteiger partial charge in [0.1, 0.15) is 5.75 Å². The first-order chi connectivity index (χ1) is 10.2. The van der Waals surface area contributed by atoms with Crippen LogP contribution in [0, 0.1) is 5.92 Å². The topological polar surface area (TPSA) is 75.8 Å². The van der Waals surface area contributed by atoms with Crippen LogP contribution in [0.3, 0.4) is 0 Å². The van der Waals surface area contributed by atoms with Crippen molar-refractivity contribution in [1.29, 1.82) is 0 Å². The molecule has 2 rings (SSSR count). The zero-order valence-corrected chi connectivity index (χ0v) is 11.8. The Labute approximate surface area is 125 Å². The maximum atomic E-state index is 12.4. The number of benzene rings is 1. The molecule has 0 radical (unpaired) electrons. The van der Waals surface area contributed by atoms with Crippen LogP contribution in [0.4, 0.5) is 18.9 Å². The molecule has 0 spiro atoms. The second kappa shape index (κ2) is 6.43. The van der Waals surface area contributed by atoms with Gasteiger partial charge < -0.3 is 15.6 Å². The molecule has 0 aliphatic carbocycles. The van der Waals surface area contributed by atoms with Crippen molar-refractivity contribution >= 4 is 11.7 Å². The number of nitrogen functional groups attached to an aromatic ring is 1. The minimum atomic E-state index is -4.78. The molecule has 5 nitrogen and oxygen atoms in total. The summed E-state index contributed by atoms with van der Waals surface area (Å²) < 4.78 is 41.3. The number of nitrogens with zero attached hydrogens (tertiary/aromatic N) is 1. The molecule has 0 aromatic heterocycles. The monoisotopic (exact) mass is 318 g/mol. The molecule has 22 heavy (non-hydrogen) atoms. The van der Waals surface area contributed by atoms with E-state index in [9.17, 15) is 18.0 Å². The first-order valence-electron chi connectivity index (χ1n) is 6.84. The average Bonchev–Trinajstić information content (AvgIpc) is 2.41. The molecule has 0 bridgehead atoms. The van der Waals surface area contributed by atoms with Crippen LogP contribution < -0.4 is 10.5 Å². The van der Waals surface area contributed by atoms with Gasteiger partial charge in [0, 0.05) is 23.9 Å². The second-order valence-electron chi connectivity index (χ2n) is 5.30. The van der Waals surface area contributed by atoms with Gasteiger partial charge in [-0.3, -0.25) is 9.69 Å². The molecule has 1 aliphatic heterocycles. The van der Waals surface area contributed by atoms with E-state index in [4.69, 9.17) is 10.8 Å². The maximum Gasteiger partial charge on any atom is 0.573 e. The molecule has 0 atom stereocenters. The largest absolute Gasteiger partial charge is 0.573 e. The van der Waals surface area contributed by atoms with Gasteiger partial charge in [-0.25, -0.2) is 0 Å². The van der Waals surface area contributed by atoms with Gasteiger partial charge in [-0.15, -0.1) is 13.2 Å². The van der Waals surface area contributed by atoms with E-state index in [2.05, 4.69) is 4.74 Å². The van der Waals surface area contributed by atoms with E-state index in [0.29, 0.717) is 31.5 Å². The van der Waals surface area contributed by atoms with Gasteiger partial charge >= 0.3 is 12.3 Å². The number of piperidine rings is 1. The molecule has 1 heterocycles. The number of hydrogen-bond acceptors (Lipinski definition) is 4. The van der Waals surface area contributed by atoms with E-state index in [-0.39, 0.29) is 23.9 Å². The van der Waals surface area contributed by atoms with Crippen LogP contribution in [0.1, 0.15) is 18.4 Å². The van der Waals surface area contributed by atoms with Gasteiger partial charge in [-0.1, -0.05) is 6.07 Å². The van der Waals surface area contributed by atoms with Gasteiger partial charge in [-0.2, -0.15) is 0 Å². The van der Waals surface area contributed by atoms with Gasteiger partial charge in [-0.05, 0) is 32.0 Å². The first kappa shape index (κ1) is 16.4. The number of carboxylic acid groups (broad SMARTS) is 1. The van der Waals surface area contributed by atoms with Crippen molar-refractivity contribution in [3.8, 4) is 5.75 Å². The molecule has 122 valence electrons. The van der Waals surface area contributed by atoms with Gasteiger partial charge in [0.05, 0.1) is 5.92 Å². The van der Waals surface area contributed by atoms with E-state index in [1.165, 1.54) is 12.1 Å². The Morgan fingerprint density at radius 1 is 1.36 bits per heavy atom. The van der Waals surface area contributed by atoms with Crippen LogP contribution in [-0.2, 0) is 11.3 Å². The van der Waals surface area contributed by atoms with E-state index in [0.717, 1.165) is 6.07 Å². The van der Waals surface area contributed by atoms with Crippen molar-refractivity contribution in [3.63, 3.8) is 0 Å². The smallest absolute Gasteiger partial charge is 0.481 e. The number of likely N-dealkylation sites (tertiary alicyclic amines) is 1. The molecule has 1 aliphatic rings. The predicted octanol–water partition coefficient (Wildman–Crippen LogP) is 2.46. The zero-order valence-electron chi connectivity index (χ0n) is 11.8. The Bertz CT molecular complexity index is 541. The summed E-state index contributed by atoms with van der Waals surface area (Å²) in [4.78, 5) is 12.8. The molecule has 0 amide bonds. The van der Waals surface area contributed by atoms with Gasteiger partial charge in [0.25, 0.3) is 0 Å². The normalized spacial score (nSPS) is 17.4. The summed E-state index contributed by atoms with van der Waals surface area (Å²) in [7, 11) is 0. The molecule has 1 aromatic carbocycles. The highest BCUT2D eigenvalue weighted by Gasteiger charge is 2.32. The SMILES string of the molecule is Nc1ccc(CN2CCC(C(=O)O)CC2)c(OC(F)(F)F)c1. The van der Waals surface area contributed by atoms with E-state index >= 15 is 0 Å². The van der Waals surface area contributed by atoms with Crippen LogP contribution in [0.2, 0.25) is 0 Å². The number of halogens is 3. The molecule has 0 saturated carbocycles. The number of anilines is 1. The van der Waals surface area contributed by atoms with Crippen molar-refractivity contribution < 1.29 is 27.8 Å². The van der Waals surface area contributed by atoms with Gasteiger partial charge in [0.2, 0.25) is 0 Å². The summed E-state index contributed by atoms with van der Waals surface area (Å²) in [5.41, 5.74) is 6.07. The van der Waals surface area contributed by atoms with Crippen LogP contribution in [-0.4, -0.2) is 35.4 Å². The Morgan fingerprint density at radius 3 is 2.55 bits per heavy atom. The van der Waals surface area contributed by atoms with E-state index < -0.39 is 12.3 Å². The van der Waals surface area contributed by atoms with Crippen molar-refractivity contribution in [2.24, 2.45) is 5.92 Å². The third-order valence-electron chi connectivity index (χ3n) is 3.65. The summed E-state index contributed by atoms with van der Waals surface area (Å²) in [5.74, 6) is -1.52. The zero-order chi connectivity index (χ0) is 16.3. The van der Waals surface area contributed by atoms with Crippen LogP contribution in [0.5, 0.6) is 5.75 Å². The number of nitrogens with two attached hydrogens (primary N) is 1.